The summed E-state index contributed by atoms with van der Waals surface area (Å²) in [5.74, 6) is -3.64. The molecule has 0 spiro atoms. The normalized spacial score (nSPS) is 31.5. The van der Waals surface area contributed by atoms with Crippen LogP contribution in [0.2, 0.25) is 0 Å². The number of hydrogen-bond acceptors (Lipinski definition) is 11. The van der Waals surface area contributed by atoms with E-state index in [1.807, 2.05) is 0 Å². The van der Waals surface area contributed by atoms with Gasteiger partial charge in [-0.1, -0.05) is 5.92 Å². The minimum absolute atomic E-state index is 0.342. The van der Waals surface area contributed by atoms with Gasteiger partial charge in [-0.05, 0) is 12.2 Å². The van der Waals surface area contributed by atoms with Crippen molar-refractivity contribution in [2.75, 3.05) is 6.61 Å². The van der Waals surface area contributed by atoms with E-state index in [1.54, 1.807) is 10.9 Å². The number of phosphoric acid groups is 3. The number of aromatic amines is 1. The molecular weight excluding hydrogens is 547 g/mol. The van der Waals surface area contributed by atoms with Crippen LogP contribution in [0.15, 0.2) is 11.0 Å². The van der Waals surface area contributed by atoms with E-state index in [-0.39, 0.29) is 0 Å². The number of terminal acetylenes is 1. The van der Waals surface area contributed by atoms with Crippen LogP contribution in [0.3, 0.4) is 0 Å². The Morgan fingerprint density at radius 2 is 1.85 bits per heavy atom. The third-order valence-corrected chi connectivity index (χ3v) is 7.85. The van der Waals surface area contributed by atoms with Gasteiger partial charge in [-0.3, -0.25) is 18.9 Å². The summed E-state index contributed by atoms with van der Waals surface area (Å²) in [6, 6.07) is 0. The van der Waals surface area contributed by atoms with E-state index in [9.17, 15) is 38.0 Å². The maximum absolute atomic E-state index is 15.2. The van der Waals surface area contributed by atoms with E-state index >= 15 is 4.39 Å². The Labute approximate surface area is 185 Å². The molecule has 0 radical (unpaired) electrons. The Balaban J connectivity index is 2.32. The molecule has 1 saturated heterocycles. The van der Waals surface area contributed by atoms with Gasteiger partial charge in [0.2, 0.25) is 11.4 Å². The minimum Gasteiger partial charge on any atom is -0.383 e. The molecule has 0 amide bonds. The second kappa shape index (κ2) is 9.11. The largest absolute Gasteiger partial charge is 0.490 e. The highest BCUT2D eigenvalue weighted by Crippen LogP contribution is 2.66. The van der Waals surface area contributed by atoms with Crippen LogP contribution in [0.1, 0.15) is 6.23 Å². The van der Waals surface area contributed by atoms with E-state index in [0.29, 0.717) is 10.8 Å². The average molecular weight is 560 g/mol. The molecule has 2 heterocycles. The first-order valence-electron chi connectivity index (χ1n) is 7.79. The summed E-state index contributed by atoms with van der Waals surface area (Å²) in [6.45, 7) is -1.88. The molecular formula is C11H13F2N2O14P3S. The maximum atomic E-state index is 15.2. The molecule has 0 aromatic carbocycles. The summed E-state index contributed by atoms with van der Waals surface area (Å²) in [7, 11) is -17.5. The zero-order chi connectivity index (χ0) is 25.6. The third kappa shape index (κ3) is 6.28. The van der Waals surface area contributed by atoms with Crippen LogP contribution in [-0.4, -0.2) is 63.5 Å². The lowest BCUT2D eigenvalue weighted by Crippen LogP contribution is -2.50. The van der Waals surface area contributed by atoms with Crippen molar-refractivity contribution >= 4 is 35.7 Å². The zero-order valence-electron chi connectivity index (χ0n) is 15.4. The predicted octanol–water partition coefficient (Wildman–Crippen LogP) is -0.692. The Hall–Kier alpha value is -1.19. The molecule has 2 rings (SSSR count). The number of phosphoric ester groups is 1. The van der Waals surface area contributed by atoms with Crippen molar-refractivity contribution in [3.63, 3.8) is 0 Å². The second-order valence-electron chi connectivity index (χ2n) is 6.14. The van der Waals surface area contributed by atoms with E-state index in [2.05, 4.69) is 13.1 Å². The quantitative estimate of drug-likeness (QED) is 0.118. The fourth-order valence-electron chi connectivity index (χ4n) is 2.44. The molecule has 6 atom stereocenters. The van der Waals surface area contributed by atoms with Crippen molar-refractivity contribution in [1.29, 1.82) is 0 Å². The van der Waals surface area contributed by atoms with Crippen molar-refractivity contribution in [3.8, 4) is 12.3 Å². The number of rotatable bonds is 8. The van der Waals surface area contributed by atoms with Gasteiger partial charge in [0.15, 0.2) is 17.1 Å². The van der Waals surface area contributed by atoms with Gasteiger partial charge in [0.1, 0.15) is 6.61 Å². The summed E-state index contributed by atoms with van der Waals surface area (Å²) in [5, 5.41) is 20.7. The lowest BCUT2D eigenvalue weighted by molar-refractivity contribution is -0.204. The summed E-state index contributed by atoms with van der Waals surface area (Å²) in [4.78, 5) is 48.5. The van der Waals surface area contributed by atoms with E-state index < -0.39 is 70.0 Å². The molecule has 7 N–H and O–H groups in total. The zero-order valence-corrected chi connectivity index (χ0v) is 18.9. The average Bonchev–Trinajstić information content (AvgIpc) is 2.82. The maximum Gasteiger partial charge on any atom is 0.490 e. The van der Waals surface area contributed by atoms with Crippen molar-refractivity contribution in [1.82, 2.24) is 9.55 Å². The predicted molar refractivity (Wildman–Crippen MR) is 99.4 cm³/mol. The molecule has 1 aromatic heterocycles. The first-order chi connectivity index (χ1) is 14.8. The van der Waals surface area contributed by atoms with Gasteiger partial charge in [-0.15, -0.1) is 6.42 Å². The molecule has 1 aromatic rings. The number of aromatic nitrogens is 2. The summed E-state index contributed by atoms with van der Waals surface area (Å²) < 4.78 is 77.9. The van der Waals surface area contributed by atoms with E-state index in [0.717, 1.165) is 0 Å². The van der Waals surface area contributed by atoms with Crippen molar-refractivity contribution in [2.24, 2.45) is 0 Å². The summed E-state index contributed by atoms with van der Waals surface area (Å²) in [5.41, 5.74) is -4.37. The number of nitrogens with one attached hydrogen (secondary N) is 1. The first-order valence-corrected chi connectivity index (χ1v) is 12.7. The van der Waals surface area contributed by atoms with Crippen molar-refractivity contribution < 1.29 is 70.1 Å². The monoisotopic (exact) mass is 560 g/mol. The molecule has 33 heavy (non-hydrogen) atoms. The lowest BCUT2D eigenvalue weighted by Gasteiger charge is -2.27. The van der Waals surface area contributed by atoms with Crippen LogP contribution in [0.5, 0.6) is 0 Å². The fraction of sp³-hybridized carbons (Fsp3) is 0.455. The van der Waals surface area contributed by atoms with Gasteiger partial charge in [-0.25, -0.2) is 18.1 Å². The number of aliphatic hydroxyl groups excluding tert-OH is 1. The number of halogens is 2. The van der Waals surface area contributed by atoms with Gasteiger partial charge in [0.05, 0.1) is 6.20 Å². The lowest BCUT2D eigenvalue weighted by atomic mass is 9.94. The van der Waals surface area contributed by atoms with Gasteiger partial charge in [0, 0.05) is 0 Å². The Bertz CT molecular complexity index is 1240. The molecule has 1 aliphatic heterocycles. The summed E-state index contributed by atoms with van der Waals surface area (Å²) >= 11 is 4.73. The third-order valence-electron chi connectivity index (χ3n) is 3.76. The highest BCUT2D eigenvalue weighted by molar-refractivity contribution is 7.71. The summed E-state index contributed by atoms with van der Waals surface area (Å²) in [6.07, 6.45) is 0.368. The van der Waals surface area contributed by atoms with Crippen LogP contribution in [-0.2, 0) is 31.6 Å². The Morgan fingerprint density at radius 1 is 1.27 bits per heavy atom. The van der Waals surface area contributed by atoms with Gasteiger partial charge < -0.3 is 34.5 Å². The molecule has 22 heteroatoms. The number of aliphatic hydroxyl groups is 2. The van der Waals surface area contributed by atoms with Crippen molar-refractivity contribution in [2.45, 2.75) is 23.8 Å². The molecule has 1 aliphatic rings. The van der Waals surface area contributed by atoms with E-state index in [1.165, 1.54) is 0 Å². The standard InChI is InChI=1S/C11H13F2N2O14P3S/c1-2-10(18)7(17)11(13,27-8(10)15-3-5(12)6(16)14-9(15)33)4-26-31(22,23)29-32(24,25)28-30(19,20)21/h1,3,7-8,17-18H,4H2,(H,22,23)(H,24,25)(H,14,16,33)(H2,19,20,21)/t7-,8-,10?,11-/m1/s1. The number of alkyl halides is 1. The number of hydrogen-bond donors (Lipinski definition) is 7. The van der Waals surface area contributed by atoms with Crippen LogP contribution in [0.4, 0.5) is 8.78 Å². The van der Waals surface area contributed by atoms with Gasteiger partial charge in [0.25, 0.3) is 11.4 Å². The molecule has 0 aliphatic carbocycles. The minimum atomic E-state index is -5.94. The van der Waals surface area contributed by atoms with Gasteiger partial charge >= 0.3 is 23.5 Å². The van der Waals surface area contributed by atoms with E-state index in [4.69, 9.17) is 38.1 Å². The highest BCUT2D eigenvalue weighted by atomic mass is 32.1. The molecule has 0 saturated carbocycles. The number of H-pyrrole nitrogens is 1. The molecule has 3 unspecified atom stereocenters. The van der Waals surface area contributed by atoms with Crippen LogP contribution in [0, 0.1) is 22.9 Å². The first kappa shape index (κ1) is 28.1. The van der Waals surface area contributed by atoms with Crippen molar-refractivity contribution in [3.05, 3.63) is 27.1 Å². The molecule has 186 valence electrons. The molecule has 16 nitrogen and oxygen atoms in total. The highest BCUT2D eigenvalue weighted by Gasteiger charge is 2.65. The molecule has 0 bridgehead atoms. The van der Waals surface area contributed by atoms with Crippen LogP contribution >= 0.6 is 35.7 Å². The second-order valence-corrected chi connectivity index (χ2v) is 10.9. The topological polar surface area (TPSA) is 247 Å². The Kier molecular flexibility index (Phi) is 7.75. The smallest absolute Gasteiger partial charge is 0.383 e. The number of nitrogens with zero attached hydrogens (tertiary/aromatic N) is 1. The van der Waals surface area contributed by atoms with Crippen LogP contribution in [0.25, 0.3) is 0 Å². The fourth-order valence-corrected chi connectivity index (χ4v) is 5.72. The number of ether oxygens (including phenoxy) is 1. The Morgan fingerprint density at radius 3 is 2.36 bits per heavy atom. The van der Waals surface area contributed by atoms with Crippen LogP contribution < -0.4 is 5.56 Å². The van der Waals surface area contributed by atoms with Gasteiger partial charge in [-0.2, -0.15) is 13.0 Å². The molecule has 1 fully saturated rings. The SMILES string of the molecule is C#CC1(O)[C@@H](O)[C@@](F)(COP(=O)(O)OP(=O)(O)OP(=O)(O)O)O[C@H]1n1cc(F)c(=O)[nH]c1=S.